The zero-order chi connectivity index (χ0) is 11.5. The average Bonchev–Trinajstić information content (AvgIpc) is 2.33. The molecule has 0 bridgehead atoms. The fourth-order valence-corrected chi connectivity index (χ4v) is 1.61. The van der Waals surface area contributed by atoms with Crippen LogP contribution >= 0.6 is 34.2 Å². The molecule has 2 aromatic rings. The summed E-state index contributed by atoms with van der Waals surface area (Å²) < 4.78 is 5.92. The van der Waals surface area contributed by atoms with Crippen LogP contribution in [-0.2, 0) is 0 Å². The Hall–Kier alpha value is -0.880. The van der Waals surface area contributed by atoms with E-state index < -0.39 is 0 Å². The molecule has 0 unspecified atom stereocenters. The smallest absolute Gasteiger partial charge is 0.160 e. The molecule has 0 amide bonds. The van der Waals surface area contributed by atoms with Crippen molar-refractivity contribution in [3.05, 3.63) is 39.2 Å². The van der Waals surface area contributed by atoms with Crippen LogP contribution < -0.4 is 4.74 Å². The molecule has 82 valence electrons. The minimum atomic E-state index is 0.474. The van der Waals surface area contributed by atoms with Gasteiger partial charge in [-0.05, 0) is 46.9 Å². The topological polar surface area (TPSA) is 35.0 Å². The largest absolute Gasteiger partial charge is 0.497 e. The minimum Gasteiger partial charge on any atom is -0.497 e. The van der Waals surface area contributed by atoms with Crippen molar-refractivity contribution in [2.75, 3.05) is 7.11 Å². The molecule has 0 N–H and O–H groups in total. The Bertz CT molecular complexity index is 502. The van der Waals surface area contributed by atoms with Crippen molar-refractivity contribution in [3.8, 4) is 17.1 Å². The second-order valence-corrected chi connectivity index (χ2v) is 4.58. The van der Waals surface area contributed by atoms with Gasteiger partial charge in [-0.3, -0.25) is 0 Å². The first-order chi connectivity index (χ1) is 7.70. The number of aromatic nitrogens is 2. The van der Waals surface area contributed by atoms with Gasteiger partial charge in [0, 0.05) is 11.8 Å². The predicted octanol–water partition coefficient (Wildman–Crippen LogP) is 3.41. The summed E-state index contributed by atoms with van der Waals surface area (Å²) in [7, 11) is 1.63. The lowest BCUT2D eigenvalue weighted by molar-refractivity contribution is 0.415. The molecule has 0 radical (unpaired) electrons. The lowest BCUT2D eigenvalue weighted by Gasteiger charge is -2.03. The summed E-state index contributed by atoms with van der Waals surface area (Å²) in [6.07, 6.45) is 1.70. The van der Waals surface area contributed by atoms with Crippen molar-refractivity contribution in [1.29, 1.82) is 0 Å². The van der Waals surface area contributed by atoms with Gasteiger partial charge in [0.15, 0.2) is 5.82 Å². The highest BCUT2D eigenvalue weighted by molar-refractivity contribution is 14.1. The Balaban J connectivity index is 2.38. The second-order valence-electron chi connectivity index (χ2n) is 3.06. The molecular weight excluding hydrogens is 338 g/mol. The van der Waals surface area contributed by atoms with E-state index in [1.807, 2.05) is 24.3 Å². The molecule has 0 aliphatic heterocycles. The van der Waals surface area contributed by atoms with Crippen molar-refractivity contribution in [2.45, 2.75) is 0 Å². The Morgan fingerprint density at radius 1 is 1.25 bits per heavy atom. The third kappa shape index (κ3) is 2.44. The molecule has 0 aliphatic rings. The van der Waals surface area contributed by atoms with E-state index in [1.165, 1.54) is 0 Å². The summed E-state index contributed by atoms with van der Waals surface area (Å²) in [5, 5.41) is 0.474. The van der Waals surface area contributed by atoms with Crippen LogP contribution in [0.1, 0.15) is 0 Å². The fraction of sp³-hybridized carbons (Fsp3) is 0.0909. The summed E-state index contributed by atoms with van der Waals surface area (Å²) >= 11 is 8.03. The summed E-state index contributed by atoms with van der Waals surface area (Å²) in [6, 6.07) is 7.53. The number of hydrogen-bond acceptors (Lipinski definition) is 3. The van der Waals surface area contributed by atoms with Crippen LogP contribution in [-0.4, -0.2) is 17.1 Å². The summed E-state index contributed by atoms with van der Waals surface area (Å²) in [4.78, 5) is 8.43. The molecular formula is C11H8ClIN2O. The lowest BCUT2D eigenvalue weighted by Crippen LogP contribution is -1.91. The minimum absolute atomic E-state index is 0.474. The van der Waals surface area contributed by atoms with E-state index in [4.69, 9.17) is 16.3 Å². The third-order valence-electron chi connectivity index (χ3n) is 2.05. The van der Waals surface area contributed by atoms with E-state index >= 15 is 0 Å². The van der Waals surface area contributed by atoms with Gasteiger partial charge in [0.2, 0.25) is 0 Å². The zero-order valence-electron chi connectivity index (χ0n) is 8.45. The zero-order valence-corrected chi connectivity index (χ0v) is 11.4. The Labute approximate surface area is 112 Å². The highest BCUT2D eigenvalue weighted by Crippen LogP contribution is 2.22. The van der Waals surface area contributed by atoms with Gasteiger partial charge in [0.05, 0.1) is 10.7 Å². The van der Waals surface area contributed by atoms with Gasteiger partial charge in [-0.1, -0.05) is 11.6 Å². The van der Waals surface area contributed by atoms with E-state index in [-0.39, 0.29) is 0 Å². The maximum Gasteiger partial charge on any atom is 0.160 e. The van der Waals surface area contributed by atoms with E-state index in [9.17, 15) is 0 Å². The molecule has 5 heteroatoms. The van der Waals surface area contributed by atoms with E-state index in [0.29, 0.717) is 11.0 Å². The number of ether oxygens (including phenoxy) is 1. The first-order valence-corrected chi connectivity index (χ1v) is 5.99. The van der Waals surface area contributed by atoms with E-state index in [0.717, 1.165) is 14.9 Å². The molecule has 0 spiro atoms. The van der Waals surface area contributed by atoms with Gasteiger partial charge in [-0.25, -0.2) is 9.97 Å². The number of methoxy groups -OCH3 is 1. The van der Waals surface area contributed by atoms with Gasteiger partial charge in [-0.2, -0.15) is 0 Å². The standard InChI is InChI=1S/C11H8ClIN2O/c1-16-8-4-2-7(3-5-8)11-14-6-9(13)10(12)15-11/h2-6H,1H3. The first-order valence-electron chi connectivity index (χ1n) is 4.53. The summed E-state index contributed by atoms with van der Waals surface area (Å²) in [5.74, 6) is 1.42. The number of rotatable bonds is 2. The number of benzene rings is 1. The van der Waals surface area contributed by atoms with Crippen LogP contribution in [0.25, 0.3) is 11.4 Å². The number of hydrogen-bond donors (Lipinski definition) is 0. The van der Waals surface area contributed by atoms with Crippen LogP contribution in [0.2, 0.25) is 5.15 Å². The molecule has 1 aromatic carbocycles. The van der Waals surface area contributed by atoms with Crippen LogP contribution in [0.4, 0.5) is 0 Å². The third-order valence-corrected chi connectivity index (χ3v) is 3.45. The Morgan fingerprint density at radius 3 is 2.50 bits per heavy atom. The quantitative estimate of drug-likeness (QED) is 0.617. The van der Waals surface area contributed by atoms with Crippen molar-refractivity contribution in [2.24, 2.45) is 0 Å². The predicted molar refractivity (Wildman–Crippen MR) is 71.7 cm³/mol. The van der Waals surface area contributed by atoms with E-state index in [2.05, 4.69) is 32.6 Å². The maximum atomic E-state index is 5.94. The number of halogens is 2. The van der Waals surface area contributed by atoms with Gasteiger partial charge >= 0.3 is 0 Å². The van der Waals surface area contributed by atoms with Crippen molar-refractivity contribution in [1.82, 2.24) is 9.97 Å². The molecule has 2 rings (SSSR count). The average molecular weight is 347 g/mol. The van der Waals surface area contributed by atoms with Crippen molar-refractivity contribution >= 4 is 34.2 Å². The van der Waals surface area contributed by atoms with Gasteiger partial charge in [0.1, 0.15) is 10.9 Å². The number of nitrogens with zero attached hydrogens (tertiary/aromatic N) is 2. The maximum absolute atomic E-state index is 5.94. The summed E-state index contributed by atoms with van der Waals surface area (Å²) in [5.41, 5.74) is 0.916. The molecule has 0 saturated carbocycles. The normalized spacial score (nSPS) is 10.2. The highest BCUT2D eigenvalue weighted by Gasteiger charge is 2.04. The van der Waals surface area contributed by atoms with Gasteiger partial charge in [-0.15, -0.1) is 0 Å². The van der Waals surface area contributed by atoms with Gasteiger partial charge in [0.25, 0.3) is 0 Å². The molecule has 0 saturated heterocycles. The van der Waals surface area contributed by atoms with Crippen LogP contribution in [0, 0.1) is 3.57 Å². The molecule has 0 aliphatic carbocycles. The molecule has 0 fully saturated rings. The van der Waals surface area contributed by atoms with Crippen molar-refractivity contribution in [3.63, 3.8) is 0 Å². The highest BCUT2D eigenvalue weighted by atomic mass is 127. The molecule has 16 heavy (non-hydrogen) atoms. The van der Waals surface area contributed by atoms with Crippen LogP contribution in [0.15, 0.2) is 30.5 Å². The monoisotopic (exact) mass is 346 g/mol. The SMILES string of the molecule is COc1ccc(-c2ncc(I)c(Cl)n2)cc1. The first kappa shape index (κ1) is 11.6. The second kappa shape index (κ2) is 4.97. The van der Waals surface area contributed by atoms with Crippen molar-refractivity contribution < 1.29 is 4.74 Å². The Kier molecular flexibility index (Phi) is 3.60. The molecule has 1 aromatic heterocycles. The lowest BCUT2D eigenvalue weighted by atomic mass is 10.2. The fourth-order valence-electron chi connectivity index (χ4n) is 1.23. The molecule has 3 nitrogen and oxygen atoms in total. The van der Waals surface area contributed by atoms with Crippen LogP contribution in [0.5, 0.6) is 5.75 Å². The molecule has 0 atom stereocenters. The molecule has 1 heterocycles. The van der Waals surface area contributed by atoms with Crippen LogP contribution in [0.3, 0.4) is 0 Å². The summed E-state index contributed by atoms with van der Waals surface area (Å²) in [6.45, 7) is 0. The Morgan fingerprint density at radius 2 is 1.94 bits per heavy atom. The van der Waals surface area contributed by atoms with E-state index in [1.54, 1.807) is 13.3 Å². The van der Waals surface area contributed by atoms with Gasteiger partial charge < -0.3 is 4.74 Å².